The van der Waals surface area contributed by atoms with Crippen molar-refractivity contribution in [1.29, 1.82) is 0 Å². The lowest BCUT2D eigenvalue weighted by Crippen LogP contribution is -2.45. The summed E-state index contributed by atoms with van der Waals surface area (Å²) in [5.41, 5.74) is 2.93. The third kappa shape index (κ3) is 6.05. The van der Waals surface area contributed by atoms with Gasteiger partial charge < -0.3 is 15.1 Å². The van der Waals surface area contributed by atoms with Crippen LogP contribution in [0.25, 0.3) is 0 Å². The molecule has 0 bridgehead atoms. The van der Waals surface area contributed by atoms with Gasteiger partial charge in [-0.25, -0.2) is 0 Å². The molecule has 1 saturated heterocycles. The Morgan fingerprint density at radius 2 is 1.64 bits per heavy atom. The van der Waals surface area contributed by atoms with Gasteiger partial charge in [-0.3, -0.25) is 4.79 Å². The SMILES string of the molecule is CC(C)(C)c1ccc(C(O)CCCN2CCC(C(O)(C3=CC=CC(=O)C3)c3ccccc3)CC2)cc1. The molecule has 0 radical (unpaired) electrons. The van der Waals surface area contributed by atoms with E-state index in [2.05, 4.69) is 49.9 Å². The molecule has 0 aromatic heterocycles. The maximum Gasteiger partial charge on any atom is 0.159 e. The molecule has 4 rings (SSSR count). The van der Waals surface area contributed by atoms with Gasteiger partial charge in [0.25, 0.3) is 0 Å². The van der Waals surface area contributed by atoms with Gasteiger partial charge in [-0.2, -0.15) is 0 Å². The van der Waals surface area contributed by atoms with E-state index in [1.54, 1.807) is 12.2 Å². The first-order chi connectivity index (χ1) is 17.2. The molecule has 36 heavy (non-hydrogen) atoms. The molecule has 1 fully saturated rings. The number of hydrogen-bond acceptors (Lipinski definition) is 4. The van der Waals surface area contributed by atoms with Gasteiger partial charge in [-0.15, -0.1) is 0 Å². The maximum atomic E-state index is 12.2. The van der Waals surface area contributed by atoms with E-state index in [-0.39, 0.29) is 23.5 Å². The smallest absolute Gasteiger partial charge is 0.159 e. The van der Waals surface area contributed by atoms with Crippen molar-refractivity contribution in [2.24, 2.45) is 5.92 Å². The normalized spacial score (nSPS) is 20.1. The second kappa shape index (κ2) is 11.2. The quantitative estimate of drug-likeness (QED) is 0.490. The molecule has 192 valence electrons. The van der Waals surface area contributed by atoms with E-state index in [4.69, 9.17) is 0 Å². The molecular weight excluding hydrogens is 446 g/mol. The summed E-state index contributed by atoms with van der Waals surface area (Å²) in [6.45, 7) is 9.36. The molecular formula is C32H41NO3. The van der Waals surface area contributed by atoms with Gasteiger partial charge in [0.1, 0.15) is 5.60 Å². The molecule has 0 amide bonds. The van der Waals surface area contributed by atoms with Crippen molar-refractivity contribution in [2.45, 2.75) is 70.0 Å². The molecule has 2 aromatic rings. The van der Waals surface area contributed by atoms with Crippen LogP contribution in [-0.2, 0) is 15.8 Å². The molecule has 4 heteroatoms. The topological polar surface area (TPSA) is 60.8 Å². The summed E-state index contributed by atoms with van der Waals surface area (Å²) in [4.78, 5) is 14.6. The fraction of sp³-hybridized carbons (Fsp3) is 0.469. The summed E-state index contributed by atoms with van der Waals surface area (Å²) >= 11 is 0. The molecule has 2 aliphatic rings. The predicted octanol–water partition coefficient (Wildman–Crippen LogP) is 5.85. The molecule has 1 heterocycles. The first-order valence-corrected chi connectivity index (χ1v) is 13.4. The van der Waals surface area contributed by atoms with Crippen LogP contribution in [0, 0.1) is 5.92 Å². The summed E-state index contributed by atoms with van der Waals surface area (Å²) in [5.74, 6) is 0.111. The lowest BCUT2D eigenvalue weighted by atomic mass is 9.69. The number of aliphatic hydroxyl groups is 2. The van der Waals surface area contributed by atoms with Crippen LogP contribution in [0.3, 0.4) is 0 Å². The first kappa shape index (κ1) is 26.5. The Labute approximate surface area is 216 Å². The summed E-state index contributed by atoms with van der Waals surface area (Å²) < 4.78 is 0. The molecule has 0 spiro atoms. The van der Waals surface area contributed by atoms with Crippen LogP contribution >= 0.6 is 0 Å². The van der Waals surface area contributed by atoms with Crippen LogP contribution < -0.4 is 0 Å². The summed E-state index contributed by atoms with van der Waals surface area (Å²) in [7, 11) is 0. The highest BCUT2D eigenvalue weighted by Gasteiger charge is 2.43. The second-order valence-corrected chi connectivity index (χ2v) is 11.5. The maximum absolute atomic E-state index is 12.2. The lowest BCUT2D eigenvalue weighted by Gasteiger charge is -2.43. The van der Waals surface area contributed by atoms with Crippen molar-refractivity contribution in [3.8, 4) is 0 Å². The number of benzene rings is 2. The highest BCUT2D eigenvalue weighted by molar-refractivity contribution is 5.93. The van der Waals surface area contributed by atoms with Gasteiger partial charge in [-0.1, -0.05) is 87.5 Å². The number of rotatable bonds is 8. The molecule has 2 unspecified atom stereocenters. The Hall–Kier alpha value is -2.53. The number of nitrogens with zero attached hydrogens (tertiary/aromatic N) is 1. The van der Waals surface area contributed by atoms with Crippen LogP contribution in [0.1, 0.15) is 75.7 Å². The first-order valence-electron chi connectivity index (χ1n) is 13.4. The van der Waals surface area contributed by atoms with E-state index in [1.807, 2.05) is 36.4 Å². The van der Waals surface area contributed by atoms with Gasteiger partial charge in [0, 0.05) is 6.42 Å². The highest BCUT2D eigenvalue weighted by atomic mass is 16.3. The van der Waals surface area contributed by atoms with Gasteiger partial charge >= 0.3 is 0 Å². The Morgan fingerprint density at radius 3 is 2.25 bits per heavy atom. The second-order valence-electron chi connectivity index (χ2n) is 11.5. The molecule has 0 saturated carbocycles. The minimum absolute atomic E-state index is 0.0471. The van der Waals surface area contributed by atoms with E-state index in [9.17, 15) is 15.0 Å². The van der Waals surface area contributed by atoms with Gasteiger partial charge in [0.15, 0.2) is 5.78 Å². The average molecular weight is 488 g/mol. The zero-order chi connectivity index (χ0) is 25.8. The largest absolute Gasteiger partial charge is 0.388 e. The Balaban J connectivity index is 1.33. The van der Waals surface area contributed by atoms with Crippen LogP contribution in [0.5, 0.6) is 0 Å². The van der Waals surface area contributed by atoms with Crippen LogP contribution in [0.4, 0.5) is 0 Å². The highest BCUT2D eigenvalue weighted by Crippen LogP contribution is 2.44. The van der Waals surface area contributed by atoms with E-state index in [0.717, 1.165) is 62.0 Å². The fourth-order valence-corrected chi connectivity index (χ4v) is 5.67. The Morgan fingerprint density at radius 1 is 0.972 bits per heavy atom. The summed E-state index contributed by atoms with van der Waals surface area (Å²) in [5, 5.41) is 22.8. The van der Waals surface area contributed by atoms with Gasteiger partial charge in [-0.05, 0) is 85.0 Å². The monoisotopic (exact) mass is 487 g/mol. The zero-order valence-corrected chi connectivity index (χ0v) is 22.0. The molecule has 2 atom stereocenters. The van der Waals surface area contributed by atoms with Crippen molar-refractivity contribution in [3.63, 3.8) is 0 Å². The molecule has 2 N–H and O–H groups in total. The third-order valence-corrected chi connectivity index (χ3v) is 7.94. The summed E-state index contributed by atoms with van der Waals surface area (Å²) in [6, 6.07) is 18.2. The van der Waals surface area contributed by atoms with Crippen molar-refractivity contribution in [2.75, 3.05) is 19.6 Å². The fourth-order valence-electron chi connectivity index (χ4n) is 5.67. The van der Waals surface area contributed by atoms with Crippen LogP contribution in [0.2, 0.25) is 0 Å². The number of piperidine rings is 1. The standard InChI is InChI=1S/C32H41NO3/c1-31(2,3)25-16-14-24(15-17-25)30(35)13-8-20-33-21-18-27(19-22-33)32(36,26-9-5-4-6-10-26)28-11-7-12-29(34)23-28/h4-7,9-12,14-17,27,30,35-36H,8,13,18-23H2,1-3H3. The number of likely N-dealkylation sites (tertiary alicyclic amines) is 1. The van der Waals surface area contributed by atoms with E-state index in [0.29, 0.717) is 0 Å². The van der Waals surface area contributed by atoms with Crippen molar-refractivity contribution >= 4 is 5.78 Å². The van der Waals surface area contributed by atoms with Crippen molar-refractivity contribution in [1.82, 2.24) is 4.90 Å². The average Bonchev–Trinajstić information content (AvgIpc) is 2.88. The van der Waals surface area contributed by atoms with Crippen LogP contribution in [0.15, 0.2) is 78.4 Å². The molecule has 1 aliphatic heterocycles. The van der Waals surface area contributed by atoms with E-state index >= 15 is 0 Å². The van der Waals surface area contributed by atoms with Gasteiger partial charge in [0.2, 0.25) is 0 Å². The number of aliphatic hydroxyl groups excluding tert-OH is 1. The predicted molar refractivity (Wildman–Crippen MR) is 146 cm³/mol. The summed E-state index contributed by atoms with van der Waals surface area (Å²) in [6.07, 6.45) is 8.53. The van der Waals surface area contributed by atoms with Crippen molar-refractivity contribution in [3.05, 3.63) is 95.1 Å². The zero-order valence-electron chi connectivity index (χ0n) is 22.0. The third-order valence-electron chi connectivity index (χ3n) is 7.94. The lowest BCUT2D eigenvalue weighted by molar-refractivity contribution is -0.115. The van der Waals surface area contributed by atoms with Crippen molar-refractivity contribution < 1.29 is 15.0 Å². The Bertz CT molecular complexity index is 1070. The molecule has 4 nitrogen and oxygen atoms in total. The molecule has 1 aliphatic carbocycles. The number of carbonyl (C=O) groups is 1. The minimum Gasteiger partial charge on any atom is -0.388 e. The van der Waals surface area contributed by atoms with Crippen LogP contribution in [-0.4, -0.2) is 40.5 Å². The van der Waals surface area contributed by atoms with E-state index < -0.39 is 11.7 Å². The number of carbonyl (C=O) groups excluding carboxylic acids is 1. The van der Waals surface area contributed by atoms with Gasteiger partial charge in [0.05, 0.1) is 6.10 Å². The van der Waals surface area contributed by atoms with E-state index in [1.165, 1.54) is 5.56 Å². The Kier molecular flexibility index (Phi) is 8.29. The minimum atomic E-state index is -1.12. The number of allylic oxidation sites excluding steroid dienone is 3. The number of ketones is 1. The molecule has 2 aromatic carbocycles. The number of hydrogen-bond donors (Lipinski definition) is 2.